The molecule has 3 rings (SSSR count). The number of aromatic carboxylic acids is 1. The molecule has 1 aliphatic rings. The van der Waals surface area contributed by atoms with E-state index >= 15 is 0 Å². The second-order valence-corrected chi connectivity index (χ2v) is 5.60. The van der Waals surface area contributed by atoms with Crippen LogP contribution in [0.5, 0.6) is 0 Å². The zero-order valence-corrected chi connectivity index (χ0v) is 12.2. The zero-order valence-electron chi connectivity index (χ0n) is 12.2. The van der Waals surface area contributed by atoms with Gasteiger partial charge in [0.15, 0.2) is 0 Å². The molecule has 0 saturated carbocycles. The van der Waals surface area contributed by atoms with Crippen molar-refractivity contribution in [2.45, 2.75) is 19.4 Å². The fourth-order valence-electron chi connectivity index (χ4n) is 2.90. The number of aromatic nitrogens is 1. The van der Waals surface area contributed by atoms with Crippen molar-refractivity contribution in [3.63, 3.8) is 0 Å². The Morgan fingerprint density at radius 1 is 1.43 bits per heavy atom. The van der Waals surface area contributed by atoms with Gasteiger partial charge >= 0.3 is 5.97 Å². The van der Waals surface area contributed by atoms with Crippen LogP contribution >= 0.6 is 0 Å². The number of hydrogen-bond acceptors (Lipinski definition) is 4. The molecule has 2 aromatic rings. The molecule has 1 aromatic carbocycles. The number of carbonyl (C=O) groups is 1. The molecule has 0 spiro atoms. The second kappa shape index (κ2) is 5.00. The summed E-state index contributed by atoms with van der Waals surface area (Å²) in [6.45, 7) is 6.42. The van der Waals surface area contributed by atoms with Crippen molar-refractivity contribution in [3.05, 3.63) is 36.0 Å². The Hall–Kier alpha value is -2.14. The van der Waals surface area contributed by atoms with Gasteiger partial charge in [-0.3, -0.25) is 4.98 Å². The van der Waals surface area contributed by atoms with Gasteiger partial charge in [0.1, 0.15) is 5.60 Å². The second-order valence-electron chi connectivity index (χ2n) is 5.60. The Morgan fingerprint density at radius 3 is 2.86 bits per heavy atom. The number of carboxylic acids is 1. The average molecular weight is 286 g/mol. The summed E-state index contributed by atoms with van der Waals surface area (Å²) in [4.78, 5) is 17.7. The first-order valence-electron chi connectivity index (χ1n) is 7.03. The van der Waals surface area contributed by atoms with E-state index in [0.717, 1.165) is 18.8 Å². The highest BCUT2D eigenvalue weighted by Gasteiger charge is 2.39. The third-order valence-corrected chi connectivity index (χ3v) is 3.86. The van der Waals surface area contributed by atoms with Crippen LogP contribution in [0.3, 0.4) is 0 Å². The molecule has 1 aromatic heterocycles. The molecule has 5 nitrogen and oxygen atoms in total. The van der Waals surface area contributed by atoms with E-state index in [-0.39, 0.29) is 11.2 Å². The smallest absolute Gasteiger partial charge is 0.336 e. The maximum Gasteiger partial charge on any atom is 0.336 e. The topological polar surface area (TPSA) is 62.7 Å². The van der Waals surface area contributed by atoms with Crippen LogP contribution in [-0.2, 0) is 4.74 Å². The van der Waals surface area contributed by atoms with Crippen molar-refractivity contribution < 1.29 is 14.6 Å². The lowest BCUT2D eigenvalue weighted by Gasteiger charge is -2.48. The van der Waals surface area contributed by atoms with Crippen LogP contribution in [0, 0.1) is 0 Å². The molecule has 110 valence electrons. The molecule has 1 saturated heterocycles. The van der Waals surface area contributed by atoms with E-state index in [0.29, 0.717) is 17.5 Å². The molecule has 0 amide bonds. The summed E-state index contributed by atoms with van der Waals surface area (Å²) in [6, 6.07) is 7.28. The van der Waals surface area contributed by atoms with Crippen LogP contribution < -0.4 is 4.90 Å². The Kier molecular flexibility index (Phi) is 3.29. The largest absolute Gasteiger partial charge is 0.478 e. The number of anilines is 1. The normalized spacial score (nSPS) is 16.8. The van der Waals surface area contributed by atoms with Gasteiger partial charge in [0.05, 0.1) is 11.1 Å². The van der Waals surface area contributed by atoms with Crippen molar-refractivity contribution in [1.82, 2.24) is 4.98 Å². The number of hydrogen-bond donors (Lipinski definition) is 1. The van der Waals surface area contributed by atoms with Crippen LogP contribution in [0.2, 0.25) is 0 Å². The highest BCUT2D eigenvalue weighted by molar-refractivity contribution is 6.03. The quantitative estimate of drug-likeness (QED) is 0.936. The van der Waals surface area contributed by atoms with Gasteiger partial charge in [-0.2, -0.15) is 0 Å². The SMILES string of the molecule is CCOC1(C)CN(c2ccc3nccc(C(=O)O)c3c2)C1. The fourth-order valence-corrected chi connectivity index (χ4v) is 2.90. The van der Waals surface area contributed by atoms with Crippen LogP contribution in [0.4, 0.5) is 5.69 Å². The van der Waals surface area contributed by atoms with Gasteiger partial charge in [-0.05, 0) is 38.1 Å². The molecular formula is C16H18N2O3. The summed E-state index contributed by atoms with van der Waals surface area (Å²) >= 11 is 0. The Labute approximate surface area is 123 Å². The first-order valence-corrected chi connectivity index (χ1v) is 7.03. The van der Waals surface area contributed by atoms with Crippen molar-refractivity contribution in [1.29, 1.82) is 0 Å². The molecule has 0 aliphatic carbocycles. The van der Waals surface area contributed by atoms with Crippen LogP contribution in [0.15, 0.2) is 30.5 Å². The Morgan fingerprint density at radius 2 is 2.19 bits per heavy atom. The number of rotatable bonds is 4. The van der Waals surface area contributed by atoms with E-state index in [1.54, 1.807) is 0 Å². The van der Waals surface area contributed by atoms with Crippen LogP contribution in [-0.4, -0.2) is 41.4 Å². The van der Waals surface area contributed by atoms with Crippen LogP contribution in [0.25, 0.3) is 10.9 Å². The molecular weight excluding hydrogens is 268 g/mol. The predicted molar refractivity (Wildman–Crippen MR) is 80.9 cm³/mol. The molecule has 1 N–H and O–H groups in total. The predicted octanol–water partition coefficient (Wildman–Crippen LogP) is 2.55. The number of pyridine rings is 1. The van der Waals surface area contributed by atoms with Gasteiger partial charge in [-0.15, -0.1) is 0 Å². The van der Waals surface area contributed by atoms with Gasteiger partial charge in [-0.25, -0.2) is 4.79 Å². The van der Waals surface area contributed by atoms with E-state index in [2.05, 4.69) is 16.8 Å². The van der Waals surface area contributed by atoms with Crippen molar-refractivity contribution in [2.75, 3.05) is 24.6 Å². The third kappa shape index (κ3) is 2.45. The van der Waals surface area contributed by atoms with E-state index in [1.807, 2.05) is 25.1 Å². The van der Waals surface area contributed by atoms with Gasteiger partial charge in [0.2, 0.25) is 0 Å². The van der Waals surface area contributed by atoms with E-state index < -0.39 is 5.97 Å². The summed E-state index contributed by atoms with van der Waals surface area (Å²) in [5, 5.41) is 9.95. The van der Waals surface area contributed by atoms with Crippen molar-refractivity contribution in [2.24, 2.45) is 0 Å². The zero-order chi connectivity index (χ0) is 15.0. The maximum absolute atomic E-state index is 11.3. The number of benzene rings is 1. The average Bonchev–Trinajstić information content (AvgIpc) is 2.43. The summed E-state index contributed by atoms with van der Waals surface area (Å²) in [5.74, 6) is -0.928. The minimum atomic E-state index is -0.928. The number of nitrogens with zero attached hydrogens (tertiary/aromatic N) is 2. The van der Waals surface area contributed by atoms with Gasteiger partial charge in [-0.1, -0.05) is 0 Å². The molecule has 1 aliphatic heterocycles. The molecule has 0 atom stereocenters. The minimum Gasteiger partial charge on any atom is -0.478 e. The summed E-state index contributed by atoms with van der Waals surface area (Å²) in [6.07, 6.45) is 1.53. The maximum atomic E-state index is 11.3. The first kappa shape index (κ1) is 13.8. The third-order valence-electron chi connectivity index (χ3n) is 3.86. The summed E-state index contributed by atoms with van der Waals surface area (Å²) in [5.41, 5.74) is 1.89. The van der Waals surface area contributed by atoms with E-state index in [4.69, 9.17) is 4.74 Å². The molecule has 0 bridgehead atoms. The van der Waals surface area contributed by atoms with Gasteiger partial charge in [0.25, 0.3) is 0 Å². The number of ether oxygens (including phenoxy) is 1. The van der Waals surface area contributed by atoms with E-state index in [9.17, 15) is 9.90 Å². The van der Waals surface area contributed by atoms with Crippen molar-refractivity contribution >= 4 is 22.6 Å². The first-order chi connectivity index (χ1) is 10.0. The molecule has 1 fully saturated rings. The number of carboxylic acid groups (broad SMARTS) is 1. The lowest BCUT2D eigenvalue weighted by molar-refractivity contribution is -0.0445. The monoisotopic (exact) mass is 286 g/mol. The van der Waals surface area contributed by atoms with Gasteiger partial charge in [0, 0.05) is 37.0 Å². The Bertz CT molecular complexity index is 693. The summed E-state index contributed by atoms with van der Waals surface area (Å²) < 4.78 is 5.72. The molecule has 2 heterocycles. The van der Waals surface area contributed by atoms with Gasteiger partial charge < -0.3 is 14.7 Å². The van der Waals surface area contributed by atoms with Crippen molar-refractivity contribution in [3.8, 4) is 0 Å². The molecule has 0 unspecified atom stereocenters. The molecule has 5 heteroatoms. The molecule has 21 heavy (non-hydrogen) atoms. The Balaban J connectivity index is 1.92. The lowest BCUT2D eigenvalue weighted by Crippen LogP contribution is -2.61. The standard InChI is InChI=1S/C16H18N2O3/c1-3-21-16(2)9-18(10-16)11-4-5-14-13(8-11)12(15(19)20)6-7-17-14/h4-8H,3,9-10H2,1-2H3,(H,19,20). The summed E-state index contributed by atoms with van der Waals surface area (Å²) in [7, 11) is 0. The minimum absolute atomic E-state index is 0.103. The highest BCUT2D eigenvalue weighted by Crippen LogP contribution is 2.32. The van der Waals surface area contributed by atoms with Crippen LogP contribution in [0.1, 0.15) is 24.2 Å². The number of fused-ring (bicyclic) bond motifs is 1. The lowest BCUT2D eigenvalue weighted by atomic mass is 9.95. The van der Waals surface area contributed by atoms with E-state index in [1.165, 1.54) is 12.3 Å². The fraction of sp³-hybridized carbons (Fsp3) is 0.375. The molecule has 0 radical (unpaired) electrons. The highest BCUT2D eigenvalue weighted by atomic mass is 16.5.